The fourth-order valence-corrected chi connectivity index (χ4v) is 9.65. The third-order valence-electron chi connectivity index (χ3n) is 12.4. The lowest BCUT2D eigenvalue weighted by Gasteiger charge is -2.30. The van der Waals surface area contributed by atoms with Crippen LogP contribution in [0.3, 0.4) is 0 Å². The molecule has 0 radical (unpaired) electrons. The second kappa shape index (κ2) is 13.9. The van der Waals surface area contributed by atoms with Gasteiger partial charge in [0.25, 0.3) is 0 Å². The molecule has 0 N–H and O–H groups in total. The molecular formula is C57H42N2. The molecule has 1 aromatic heterocycles. The summed E-state index contributed by atoms with van der Waals surface area (Å²) in [7, 11) is 0. The van der Waals surface area contributed by atoms with E-state index in [0.717, 1.165) is 28.3 Å². The summed E-state index contributed by atoms with van der Waals surface area (Å²) in [4.78, 5) is 2.47. The molecule has 2 heteroatoms. The summed E-state index contributed by atoms with van der Waals surface area (Å²) in [6, 6.07) is 79.8. The number of hydrogen-bond acceptors (Lipinski definition) is 1. The molecule has 10 aromatic rings. The molecule has 1 aliphatic carbocycles. The maximum atomic E-state index is 2.47. The van der Waals surface area contributed by atoms with E-state index in [0.29, 0.717) is 0 Å². The number of fused-ring (bicyclic) bond motifs is 6. The first kappa shape index (κ1) is 34.8. The summed E-state index contributed by atoms with van der Waals surface area (Å²) < 4.78 is 2.45. The molecule has 2 nitrogen and oxygen atoms in total. The monoisotopic (exact) mass is 754 g/mol. The van der Waals surface area contributed by atoms with Gasteiger partial charge in [-0.05, 0) is 98.6 Å². The normalized spacial score (nSPS) is 12.7. The highest BCUT2D eigenvalue weighted by Crippen LogP contribution is 2.52. The van der Waals surface area contributed by atoms with Crippen LogP contribution < -0.4 is 4.90 Å². The molecule has 11 rings (SSSR count). The molecule has 1 heterocycles. The largest absolute Gasteiger partial charge is 0.310 e. The van der Waals surface area contributed by atoms with Gasteiger partial charge in [-0.2, -0.15) is 0 Å². The molecule has 0 saturated heterocycles. The number of rotatable bonds is 7. The Kier molecular flexibility index (Phi) is 8.20. The molecule has 59 heavy (non-hydrogen) atoms. The molecule has 0 aliphatic heterocycles. The van der Waals surface area contributed by atoms with Crippen molar-refractivity contribution in [3.63, 3.8) is 0 Å². The number of nitrogens with zero attached hydrogens (tertiary/aromatic N) is 2. The topological polar surface area (TPSA) is 8.17 Å². The van der Waals surface area contributed by atoms with Crippen molar-refractivity contribution in [1.82, 2.24) is 4.57 Å². The third kappa shape index (κ3) is 5.63. The number of aromatic nitrogens is 1. The fourth-order valence-electron chi connectivity index (χ4n) is 9.65. The van der Waals surface area contributed by atoms with Crippen LogP contribution in [0.2, 0.25) is 0 Å². The van der Waals surface area contributed by atoms with Gasteiger partial charge in [0.15, 0.2) is 0 Å². The van der Waals surface area contributed by atoms with Gasteiger partial charge >= 0.3 is 0 Å². The SMILES string of the molecule is CC1(C)c2ccccc2-c2ccc(N(c3ccc4c5c(-c6ccccc6-c6ccccc6)cccc5n(-c5ccccc5)c4c3)c3ccccc3-c3ccccc3)cc21. The fraction of sp³-hybridized carbons (Fsp3) is 0.0526. The quantitative estimate of drug-likeness (QED) is 0.157. The zero-order valence-electron chi connectivity index (χ0n) is 33.2. The molecule has 0 amide bonds. The maximum absolute atomic E-state index is 2.47. The van der Waals surface area contributed by atoms with Crippen LogP contribution >= 0.6 is 0 Å². The highest BCUT2D eigenvalue weighted by molar-refractivity contribution is 6.17. The minimum Gasteiger partial charge on any atom is -0.310 e. The van der Waals surface area contributed by atoms with Crippen LogP contribution in [0.1, 0.15) is 25.0 Å². The Morgan fingerprint density at radius 1 is 0.373 bits per heavy atom. The number of anilines is 3. The van der Waals surface area contributed by atoms with E-state index < -0.39 is 0 Å². The van der Waals surface area contributed by atoms with Gasteiger partial charge in [0.05, 0.1) is 16.7 Å². The highest BCUT2D eigenvalue weighted by Gasteiger charge is 2.36. The predicted molar refractivity (Wildman–Crippen MR) is 249 cm³/mol. The predicted octanol–water partition coefficient (Wildman–Crippen LogP) is 15.6. The van der Waals surface area contributed by atoms with Crippen LogP contribution in [0.25, 0.3) is 72.0 Å². The second-order valence-electron chi connectivity index (χ2n) is 16.1. The molecule has 0 spiro atoms. The van der Waals surface area contributed by atoms with Crippen LogP contribution in [0.4, 0.5) is 17.1 Å². The average Bonchev–Trinajstić information content (AvgIpc) is 3.75. The van der Waals surface area contributed by atoms with E-state index in [1.165, 1.54) is 71.9 Å². The lowest BCUT2D eigenvalue weighted by molar-refractivity contribution is 0.660. The van der Waals surface area contributed by atoms with Crippen LogP contribution in [0.15, 0.2) is 218 Å². The highest BCUT2D eigenvalue weighted by atomic mass is 15.1. The molecule has 1 aliphatic rings. The van der Waals surface area contributed by atoms with Gasteiger partial charge in [-0.1, -0.05) is 184 Å². The van der Waals surface area contributed by atoms with E-state index in [1.807, 2.05) is 0 Å². The van der Waals surface area contributed by atoms with Crippen molar-refractivity contribution in [2.45, 2.75) is 19.3 Å². The maximum Gasteiger partial charge on any atom is 0.0562 e. The Morgan fingerprint density at radius 2 is 0.915 bits per heavy atom. The number of hydrogen-bond donors (Lipinski definition) is 0. The number of benzene rings is 9. The minimum absolute atomic E-state index is 0.136. The van der Waals surface area contributed by atoms with Gasteiger partial charge in [-0.25, -0.2) is 0 Å². The summed E-state index contributed by atoms with van der Waals surface area (Å²) in [6.45, 7) is 4.73. The van der Waals surface area contributed by atoms with Crippen LogP contribution in [0.5, 0.6) is 0 Å². The van der Waals surface area contributed by atoms with Gasteiger partial charge in [0.1, 0.15) is 0 Å². The Bertz CT molecular complexity index is 3170. The van der Waals surface area contributed by atoms with E-state index in [-0.39, 0.29) is 5.41 Å². The van der Waals surface area contributed by atoms with Crippen molar-refractivity contribution in [1.29, 1.82) is 0 Å². The summed E-state index contributed by atoms with van der Waals surface area (Å²) in [5.74, 6) is 0. The van der Waals surface area contributed by atoms with Gasteiger partial charge in [0.2, 0.25) is 0 Å². The van der Waals surface area contributed by atoms with Crippen molar-refractivity contribution in [3.8, 4) is 50.2 Å². The lowest BCUT2D eigenvalue weighted by Crippen LogP contribution is -2.17. The first-order chi connectivity index (χ1) is 29.1. The molecular weight excluding hydrogens is 713 g/mol. The molecule has 0 unspecified atom stereocenters. The summed E-state index contributed by atoms with van der Waals surface area (Å²) in [5.41, 5.74) is 19.3. The molecule has 0 bridgehead atoms. The van der Waals surface area contributed by atoms with Gasteiger partial charge in [0, 0.05) is 38.8 Å². The van der Waals surface area contributed by atoms with Gasteiger partial charge in [-0.3, -0.25) is 0 Å². The van der Waals surface area contributed by atoms with Crippen molar-refractivity contribution < 1.29 is 0 Å². The van der Waals surface area contributed by atoms with Crippen molar-refractivity contribution in [2.24, 2.45) is 0 Å². The second-order valence-corrected chi connectivity index (χ2v) is 16.1. The van der Waals surface area contributed by atoms with Crippen LogP contribution in [-0.4, -0.2) is 4.57 Å². The molecule has 9 aromatic carbocycles. The lowest BCUT2D eigenvalue weighted by atomic mass is 9.82. The molecule has 280 valence electrons. The molecule has 0 fully saturated rings. The van der Waals surface area contributed by atoms with E-state index in [4.69, 9.17) is 0 Å². The Labute approximate surface area is 345 Å². The third-order valence-corrected chi connectivity index (χ3v) is 12.4. The van der Waals surface area contributed by atoms with Crippen molar-refractivity contribution >= 4 is 38.9 Å². The van der Waals surface area contributed by atoms with Crippen LogP contribution in [0, 0.1) is 0 Å². The average molecular weight is 755 g/mol. The standard InChI is InChI=1S/C57H42N2/c1-57(2)51-30-16-14-28-47(51)48-35-33-42(37-52(48)57)58(53-31-17-15-26-45(53)40-21-8-4-9-22-40)43-34-36-50-55(38-43)59(41-23-10-5-11-24-41)54-32-18-29-49(56(50)54)46-27-13-12-25-44(46)39-19-6-3-7-20-39/h3-38H,1-2H3. The summed E-state index contributed by atoms with van der Waals surface area (Å²) >= 11 is 0. The van der Waals surface area contributed by atoms with Gasteiger partial charge in [-0.15, -0.1) is 0 Å². The Hall–Kier alpha value is -7.42. The van der Waals surface area contributed by atoms with E-state index >= 15 is 0 Å². The van der Waals surface area contributed by atoms with E-state index in [9.17, 15) is 0 Å². The van der Waals surface area contributed by atoms with E-state index in [2.05, 4.69) is 242 Å². The molecule has 0 saturated carbocycles. The minimum atomic E-state index is -0.136. The Morgan fingerprint density at radius 3 is 1.66 bits per heavy atom. The summed E-state index contributed by atoms with van der Waals surface area (Å²) in [6.07, 6.45) is 0. The number of para-hydroxylation sites is 2. The first-order valence-electron chi connectivity index (χ1n) is 20.5. The van der Waals surface area contributed by atoms with Gasteiger partial charge < -0.3 is 9.47 Å². The van der Waals surface area contributed by atoms with Crippen molar-refractivity contribution in [3.05, 3.63) is 230 Å². The van der Waals surface area contributed by atoms with Crippen LogP contribution in [-0.2, 0) is 5.41 Å². The zero-order chi connectivity index (χ0) is 39.5. The zero-order valence-corrected chi connectivity index (χ0v) is 33.2. The van der Waals surface area contributed by atoms with Crippen molar-refractivity contribution in [2.75, 3.05) is 4.90 Å². The molecule has 0 atom stereocenters. The Balaban J connectivity index is 1.19. The first-order valence-corrected chi connectivity index (χ1v) is 20.5. The summed E-state index contributed by atoms with van der Waals surface area (Å²) in [5, 5.41) is 2.46. The smallest absolute Gasteiger partial charge is 0.0562 e. The van der Waals surface area contributed by atoms with E-state index in [1.54, 1.807) is 0 Å².